The third-order valence-corrected chi connectivity index (χ3v) is 6.09. The second-order valence-corrected chi connectivity index (χ2v) is 8.48. The molecule has 10 heteroatoms. The lowest BCUT2D eigenvalue weighted by atomic mass is 9.88. The zero-order valence-electron chi connectivity index (χ0n) is 17.6. The minimum absolute atomic E-state index is 0.0767. The molecular formula is C21H28F3N3O4. The molecule has 0 radical (unpaired) electrons. The minimum atomic E-state index is -5.08. The van der Waals surface area contributed by atoms with Gasteiger partial charge in [-0.3, -0.25) is 9.78 Å². The van der Waals surface area contributed by atoms with Crippen LogP contribution in [0.3, 0.4) is 0 Å². The van der Waals surface area contributed by atoms with Gasteiger partial charge in [-0.05, 0) is 43.7 Å². The number of aromatic nitrogens is 1. The Morgan fingerprint density at radius 2 is 1.90 bits per heavy atom. The highest BCUT2D eigenvalue weighted by Crippen LogP contribution is 2.36. The number of halogens is 3. The van der Waals surface area contributed by atoms with E-state index < -0.39 is 12.1 Å². The Kier molecular flexibility index (Phi) is 7.20. The number of hydrogen-bond donors (Lipinski definition) is 1. The van der Waals surface area contributed by atoms with Crippen molar-refractivity contribution in [3.05, 3.63) is 29.6 Å². The number of fused-ring (bicyclic) bond motifs is 1. The van der Waals surface area contributed by atoms with E-state index in [1.165, 1.54) is 19.4 Å². The summed E-state index contributed by atoms with van der Waals surface area (Å²) < 4.78 is 37.5. The number of hydrogen-bond acceptors (Lipinski definition) is 5. The summed E-state index contributed by atoms with van der Waals surface area (Å²) in [5.41, 5.74) is 1.65. The van der Waals surface area contributed by atoms with Crippen molar-refractivity contribution in [1.82, 2.24) is 14.8 Å². The first-order valence-corrected chi connectivity index (χ1v) is 10.4. The van der Waals surface area contributed by atoms with Gasteiger partial charge in [0.05, 0.1) is 12.1 Å². The number of nitrogens with zero attached hydrogens (tertiary/aromatic N) is 3. The fraction of sp³-hybridized carbons (Fsp3) is 0.667. The van der Waals surface area contributed by atoms with Crippen LogP contribution in [0.2, 0.25) is 0 Å². The van der Waals surface area contributed by atoms with Crippen LogP contribution in [0.1, 0.15) is 35.3 Å². The molecule has 0 spiro atoms. The van der Waals surface area contributed by atoms with Crippen molar-refractivity contribution in [2.45, 2.75) is 44.5 Å². The third kappa shape index (κ3) is 5.94. The average Bonchev–Trinajstić information content (AvgIpc) is 3.42. The molecule has 0 unspecified atom stereocenters. The second-order valence-electron chi connectivity index (χ2n) is 8.48. The summed E-state index contributed by atoms with van der Waals surface area (Å²) in [4.78, 5) is 30.8. The highest BCUT2D eigenvalue weighted by atomic mass is 19.4. The van der Waals surface area contributed by atoms with Crippen molar-refractivity contribution < 1.29 is 32.6 Å². The first-order valence-electron chi connectivity index (χ1n) is 10.4. The topological polar surface area (TPSA) is 83.0 Å². The summed E-state index contributed by atoms with van der Waals surface area (Å²) in [5, 5.41) is 7.12. The van der Waals surface area contributed by atoms with Gasteiger partial charge in [0.1, 0.15) is 5.69 Å². The van der Waals surface area contributed by atoms with E-state index >= 15 is 0 Å². The van der Waals surface area contributed by atoms with Gasteiger partial charge in [-0.2, -0.15) is 13.2 Å². The molecule has 0 aromatic carbocycles. The van der Waals surface area contributed by atoms with E-state index in [0.717, 1.165) is 37.5 Å². The number of piperidine rings is 1. The van der Waals surface area contributed by atoms with Gasteiger partial charge in [-0.25, -0.2) is 4.79 Å². The van der Waals surface area contributed by atoms with Gasteiger partial charge < -0.3 is 19.6 Å². The largest absolute Gasteiger partial charge is 0.490 e. The smallest absolute Gasteiger partial charge is 0.475 e. The van der Waals surface area contributed by atoms with Gasteiger partial charge in [-0.1, -0.05) is 6.07 Å². The predicted molar refractivity (Wildman–Crippen MR) is 106 cm³/mol. The maximum absolute atomic E-state index is 13.0. The summed E-state index contributed by atoms with van der Waals surface area (Å²) in [6.45, 7) is 6.00. The molecule has 3 aliphatic rings. The van der Waals surface area contributed by atoms with Crippen LogP contribution in [0.15, 0.2) is 18.3 Å². The number of methoxy groups -OCH3 is 1. The van der Waals surface area contributed by atoms with E-state index in [9.17, 15) is 18.0 Å². The normalized spacial score (nSPS) is 26.1. The van der Waals surface area contributed by atoms with Crippen LogP contribution < -0.4 is 0 Å². The lowest BCUT2D eigenvalue weighted by Crippen LogP contribution is -2.53. The number of aliphatic carboxylic acids is 1. The van der Waals surface area contributed by atoms with Gasteiger partial charge in [0.15, 0.2) is 0 Å². The number of pyridine rings is 1. The molecule has 3 fully saturated rings. The van der Waals surface area contributed by atoms with Crippen LogP contribution in [0, 0.1) is 18.8 Å². The van der Waals surface area contributed by atoms with Crippen molar-refractivity contribution >= 4 is 11.9 Å². The number of carbonyl (C=O) groups excluding carboxylic acids is 1. The van der Waals surface area contributed by atoms with Crippen molar-refractivity contribution in [3.63, 3.8) is 0 Å². The summed E-state index contributed by atoms with van der Waals surface area (Å²) in [7, 11) is 1.81. The van der Waals surface area contributed by atoms with Crippen molar-refractivity contribution in [1.29, 1.82) is 0 Å². The fourth-order valence-corrected chi connectivity index (χ4v) is 4.34. The molecule has 0 bridgehead atoms. The van der Waals surface area contributed by atoms with Crippen LogP contribution in [0.5, 0.6) is 0 Å². The molecule has 1 N–H and O–H groups in total. The van der Waals surface area contributed by atoms with E-state index in [2.05, 4.69) is 14.8 Å². The molecule has 3 heterocycles. The fourth-order valence-electron chi connectivity index (χ4n) is 4.34. The predicted octanol–water partition coefficient (Wildman–Crippen LogP) is 2.59. The summed E-state index contributed by atoms with van der Waals surface area (Å²) in [6.07, 6.45) is 0.632. The van der Waals surface area contributed by atoms with Crippen LogP contribution in [-0.2, 0) is 9.53 Å². The molecule has 4 rings (SSSR count). The Hall–Kier alpha value is -2.20. The second kappa shape index (κ2) is 9.52. The van der Waals surface area contributed by atoms with Gasteiger partial charge in [0.25, 0.3) is 5.91 Å². The zero-order chi connectivity index (χ0) is 22.8. The number of rotatable bonds is 4. The lowest BCUT2D eigenvalue weighted by molar-refractivity contribution is -0.192. The van der Waals surface area contributed by atoms with Crippen LogP contribution in [0.25, 0.3) is 0 Å². The number of likely N-dealkylation sites (tertiary alicyclic amines) is 2. The van der Waals surface area contributed by atoms with E-state index in [-0.39, 0.29) is 18.1 Å². The Balaban J connectivity index is 0.000000339. The molecule has 1 aromatic rings. The Bertz CT molecular complexity index is 783. The van der Waals surface area contributed by atoms with Crippen molar-refractivity contribution in [2.75, 3.05) is 33.3 Å². The van der Waals surface area contributed by atoms with Gasteiger partial charge in [0, 0.05) is 45.4 Å². The maximum Gasteiger partial charge on any atom is 0.490 e. The number of carboxylic acid groups (broad SMARTS) is 1. The molecule has 31 heavy (non-hydrogen) atoms. The first kappa shape index (κ1) is 23.5. The average molecular weight is 443 g/mol. The molecular weight excluding hydrogens is 415 g/mol. The lowest BCUT2D eigenvalue weighted by Gasteiger charge is -2.41. The van der Waals surface area contributed by atoms with E-state index in [0.29, 0.717) is 11.6 Å². The standard InChI is InChI=1S/C19H27N3O2.C2HF3O2/c1-13-3-6-16(20-9-13)19(23)22-8-7-18(24-2)15-11-21(12-17(15)22)10-14-4-5-14;3-2(4,5)1(6)7/h3,6,9,14-15,17-18H,4-5,7-8,10-12H2,1-2H3;(H,6,7)/t15-,17+,18-;/m0./s1. The number of carboxylic acids is 1. The van der Waals surface area contributed by atoms with Crippen LogP contribution in [-0.4, -0.2) is 83.4 Å². The molecule has 1 aromatic heterocycles. The highest BCUT2D eigenvalue weighted by molar-refractivity contribution is 5.92. The van der Waals surface area contributed by atoms with Gasteiger partial charge in [0.2, 0.25) is 0 Å². The SMILES string of the molecule is CO[C@H]1CCN(C(=O)c2ccc(C)cn2)[C@@H]2CN(CC3CC3)C[C@H]12.O=C(O)C(F)(F)F. The quantitative estimate of drug-likeness (QED) is 0.770. The zero-order valence-corrected chi connectivity index (χ0v) is 17.6. The van der Waals surface area contributed by atoms with Crippen molar-refractivity contribution in [2.24, 2.45) is 11.8 Å². The summed E-state index contributed by atoms with van der Waals surface area (Å²) in [5.74, 6) is -1.37. The van der Waals surface area contributed by atoms with Crippen LogP contribution >= 0.6 is 0 Å². The Morgan fingerprint density at radius 3 is 2.42 bits per heavy atom. The molecule has 1 saturated carbocycles. The molecule has 1 aliphatic carbocycles. The number of aryl methyl sites for hydroxylation is 1. The Labute approximate surface area is 179 Å². The molecule has 3 atom stereocenters. The van der Waals surface area contributed by atoms with Gasteiger partial charge in [-0.15, -0.1) is 0 Å². The van der Waals surface area contributed by atoms with E-state index in [1.807, 2.05) is 26.2 Å². The number of ether oxygens (including phenoxy) is 1. The Morgan fingerprint density at radius 1 is 1.23 bits per heavy atom. The number of carbonyl (C=O) groups is 2. The summed E-state index contributed by atoms with van der Waals surface area (Å²) in [6, 6.07) is 4.08. The molecule has 7 nitrogen and oxygen atoms in total. The van der Waals surface area contributed by atoms with Crippen LogP contribution in [0.4, 0.5) is 13.2 Å². The number of alkyl halides is 3. The number of amides is 1. The van der Waals surface area contributed by atoms with E-state index in [4.69, 9.17) is 14.6 Å². The van der Waals surface area contributed by atoms with Crippen molar-refractivity contribution in [3.8, 4) is 0 Å². The summed E-state index contributed by atoms with van der Waals surface area (Å²) >= 11 is 0. The maximum atomic E-state index is 13.0. The molecule has 2 saturated heterocycles. The van der Waals surface area contributed by atoms with Gasteiger partial charge >= 0.3 is 12.1 Å². The first-order chi connectivity index (χ1) is 14.6. The highest BCUT2D eigenvalue weighted by Gasteiger charge is 2.47. The van der Waals surface area contributed by atoms with E-state index in [1.54, 1.807) is 6.20 Å². The molecule has 172 valence electrons. The minimum Gasteiger partial charge on any atom is -0.475 e. The molecule has 2 aliphatic heterocycles. The third-order valence-electron chi connectivity index (χ3n) is 6.09. The monoisotopic (exact) mass is 443 g/mol. The molecule has 1 amide bonds.